The molecule has 1 saturated carbocycles. The van der Waals surface area contributed by atoms with Gasteiger partial charge in [0.1, 0.15) is 0 Å². The Morgan fingerprint density at radius 1 is 1.41 bits per heavy atom. The summed E-state index contributed by atoms with van der Waals surface area (Å²) in [7, 11) is 0. The molecule has 1 fully saturated rings. The van der Waals surface area contributed by atoms with Crippen molar-refractivity contribution in [1.29, 1.82) is 0 Å². The Hall–Kier alpha value is -1.79. The van der Waals surface area contributed by atoms with Gasteiger partial charge in [-0.05, 0) is 49.8 Å². The van der Waals surface area contributed by atoms with Crippen molar-refractivity contribution in [3.8, 4) is 0 Å². The maximum absolute atomic E-state index is 12.8. The lowest BCUT2D eigenvalue weighted by atomic mass is 9.87. The molecule has 1 aliphatic carbocycles. The zero-order valence-corrected chi connectivity index (χ0v) is 17.0. The van der Waals surface area contributed by atoms with Crippen molar-refractivity contribution >= 4 is 40.2 Å². The molecule has 1 aromatic carbocycles. The normalized spacial score (nSPS) is 19.8. The molecule has 27 heavy (non-hydrogen) atoms. The second-order valence-electron chi connectivity index (χ2n) is 7.07. The Morgan fingerprint density at radius 3 is 2.85 bits per heavy atom. The van der Waals surface area contributed by atoms with Gasteiger partial charge in [0.25, 0.3) is 5.56 Å². The molecule has 0 atom stereocenters. The molecule has 0 saturated heterocycles. The molecule has 1 aromatic heterocycles. The molecule has 3 rings (SSSR count). The number of fused-ring (bicyclic) bond motifs is 1. The van der Waals surface area contributed by atoms with Crippen molar-refractivity contribution in [1.82, 2.24) is 14.9 Å². The van der Waals surface area contributed by atoms with Crippen LogP contribution in [0.5, 0.6) is 0 Å². The number of benzene rings is 1. The van der Waals surface area contributed by atoms with Gasteiger partial charge in [0, 0.05) is 17.6 Å². The Bertz CT molecular complexity index is 904. The second-order valence-corrected chi connectivity index (χ2v) is 8.45. The number of thioether (sulfide) groups is 1. The van der Waals surface area contributed by atoms with Crippen molar-refractivity contribution < 1.29 is 4.79 Å². The third-order valence-corrected chi connectivity index (χ3v) is 6.12. The van der Waals surface area contributed by atoms with E-state index >= 15 is 0 Å². The molecule has 0 bridgehead atoms. The topological polar surface area (TPSA) is 64.0 Å². The SMILES string of the molecule is C=CCn1c(SCC(=O)NC2CCC(C)CC2)nc2cc(Cl)ccc2c1=O. The van der Waals surface area contributed by atoms with Crippen molar-refractivity contribution in [3.63, 3.8) is 0 Å². The van der Waals surface area contributed by atoms with Crippen LogP contribution >= 0.6 is 23.4 Å². The number of halogens is 1. The van der Waals surface area contributed by atoms with Gasteiger partial charge in [-0.2, -0.15) is 0 Å². The van der Waals surface area contributed by atoms with Gasteiger partial charge in [0.05, 0.1) is 16.7 Å². The zero-order valence-electron chi connectivity index (χ0n) is 15.4. The Balaban J connectivity index is 1.75. The number of carbonyl (C=O) groups excluding carboxylic acids is 1. The van der Waals surface area contributed by atoms with Crippen molar-refractivity contribution in [3.05, 3.63) is 46.2 Å². The summed E-state index contributed by atoms with van der Waals surface area (Å²) in [4.78, 5) is 29.7. The van der Waals surface area contributed by atoms with E-state index in [1.54, 1.807) is 28.8 Å². The lowest BCUT2D eigenvalue weighted by molar-refractivity contribution is -0.119. The van der Waals surface area contributed by atoms with E-state index in [-0.39, 0.29) is 23.3 Å². The van der Waals surface area contributed by atoms with E-state index in [9.17, 15) is 9.59 Å². The van der Waals surface area contributed by atoms with Gasteiger partial charge >= 0.3 is 0 Å². The largest absolute Gasteiger partial charge is 0.353 e. The van der Waals surface area contributed by atoms with E-state index < -0.39 is 0 Å². The van der Waals surface area contributed by atoms with E-state index in [0.29, 0.717) is 27.6 Å². The number of rotatable bonds is 6. The quantitative estimate of drug-likeness (QED) is 0.448. The Labute approximate surface area is 168 Å². The molecule has 0 spiro atoms. The minimum absolute atomic E-state index is 0.0230. The summed E-state index contributed by atoms with van der Waals surface area (Å²) in [6, 6.07) is 5.28. The first kappa shape index (κ1) is 20.0. The second kappa shape index (κ2) is 8.93. The summed E-state index contributed by atoms with van der Waals surface area (Å²) in [5.74, 6) is 0.946. The average Bonchev–Trinajstić information content (AvgIpc) is 2.64. The standard InChI is InChI=1S/C20H24ClN3O2S/c1-3-10-24-19(26)16-9-6-14(21)11-17(16)23-20(24)27-12-18(25)22-15-7-4-13(2)5-8-15/h3,6,9,11,13,15H,1,4-5,7-8,10,12H2,2H3,(H,22,25). The molecule has 0 aliphatic heterocycles. The number of amides is 1. The van der Waals surface area contributed by atoms with E-state index in [1.165, 1.54) is 11.8 Å². The van der Waals surface area contributed by atoms with Crippen LogP contribution < -0.4 is 10.9 Å². The van der Waals surface area contributed by atoms with Crippen molar-refractivity contribution in [2.24, 2.45) is 5.92 Å². The lowest BCUT2D eigenvalue weighted by Gasteiger charge is -2.26. The number of aromatic nitrogens is 2. The van der Waals surface area contributed by atoms with Gasteiger partial charge in [-0.1, -0.05) is 36.4 Å². The molecule has 1 heterocycles. The number of carbonyl (C=O) groups is 1. The summed E-state index contributed by atoms with van der Waals surface area (Å²) in [6.07, 6.45) is 6.03. The molecule has 1 aliphatic rings. The number of hydrogen-bond acceptors (Lipinski definition) is 4. The van der Waals surface area contributed by atoms with Crippen LogP contribution in [0.1, 0.15) is 32.6 Å². The van der Waals surface area contributed by atoms with Crippen LogP contribution in [0.25, 0.3) is 10.9 Å². The fraction of sp³-hybridized carbons (Fsp3) is 0.450. The van der Waals surface area contributed by atoms with Crippen LogP contribution in [-0.4, -0.2) is 27.3 Å². The molecule has 144 valence electrons. The summed E-state index contributed by atoms with van der Waals surface area (Å²) >= 11 is 7.30. The number of nitrogens with one attached hydrogen (secondary N) is 1. The molecule has 5 nitrogen and oxygen atoms in total. The van der Waals surface area contributed by atoms with Gasteiger partial charge in [-0.3, -0.25) is 14.2 Å². The number of hydrogen-bond donors (Lipinski definition) is 1. The maximum atomic E-state index is 12.8. The van der Waals surface area contributed by atoms with Gasteiger partial charge in [-0.25, -0.2) is 4.98 Å². The van der Waals surface area contributed by atoms with Crippen LogP contribution in [0, 0.1) is 5.92 Å². The minimum Gasteiger partial charge on any atom is -0.353 e. The van der Waals surface area contributed by atoms with Gasteiger partial charge in [-0.15, -0.1) is 6.58 Å². The molecule has 1 N–H and O–H groups in total. The Kier molecular flexibility index (Phi) is 6.60. The average molecular weight is 406 g/mol. The summed E-state index contributed by atoms with van der Waals surface area (Å²) < 4.78 is 1.55. The summed E-state index contributed by atoms with van der Waals surface area (Å²) in [6.45, 7) is 6.31. The van der Waals surface area contributed by atoms with Crippen molar-refractivity contribution in [2.75, 3.05) is 5.75 Å². The molecule has 0 radical (unpaired) electrons. The molecular formula is C20H24ClN3O2S. The van der Waals surface area contributed by atoms with Crippen LogP contribution in [-0.2, 0) is 11.3 Å². The van der Waals surface area contributed by atoms with E-state index in [1.807, 2.05) is 0 Å². The van der Waals surface area contributed by atoms with Crippen LogP contribution in [0.2, 0.25) is 5.02 Å². The van der Waals surface area contributed by atoms with Crippen LogP contribution in [0.3, 0.4) is 0 Å². The predicted molar refractivity (Wildman–Crippen MR) is 111 cm³/mol. The molecular weight excluding hydrogens is 382 g/mol. The van der Waals surface area contributed by atoms with Crippen molar-refractivity contribution in [2.45, 2.75) is 50.4 Å². The molecule has 1 amide bonds. The fourth-order valence-electron chi connectivity index (χ4n) is 3.38. The monoisotopic (exact) mass is 405 g/mol. The fourth-order valence-corrected chi connectivity index (χ4v) is 4.36. The van der Waals surface area contributed by atoms with Crippen LogP contribution in [0.4, 0.5) is 0 Å². The predicted octanol–water partition coefficient (Wildman–Crippen LogP) is 4.02. The highest BCUT2D eigenvalue weighted by atomic mass is 35.5. The summed E-state index contributed by atoms with van der Waals surface area (Å²) in [5.41, 5.74) is 0.387. The number of nitrogens with zero attached hydrogens (tertiary/aromatic N) is 2. The van der Waals surface area contributed by atoms with E-state index in [2.05, 4.69) is 23.8 Å². The highest BCUT2D eigenvalue weighted by Crippen LogP contribution is 2.24. The highest BCUT2D eigenvalue weighted by Gasteiger charge is 2.20. The summed E-state index contributed by atoms with van der Waals surface area (Å²) in [5, 5.41) is 4.64. The van der Waals surface area contributed by atoms with E-state index in [4.69, 9.17) is 11.6 Å². The minimum atomic E-state index is -0.152. The lowest BCUT2D eigenvalue weighted by Crippen LogP contribution is -2.38. The third-order valence-electron chi connectivity index (χ3n) is 4.91. The Morgan fingerprint density at radius 2 is 2.15 bits per heavy atom. The molecule has 2 aromatic rings. The third kappa shape index (κ3) is 4.93. The maximum Gasteiger partial charge on any atom is 0.262 e. The van der Waals surface area contributed by atoms with E-state index in [0.717, 1.165) is 31.6 Å². The molecule has 7 heteroatoms. The smallest absolute Gasteiger partial charge is 0.262 e. The molecule has 0 unspecified atom stereocenters. The zero-order chi connectivity index (χ0) is 19.4. The first-order chi connectivity index (χ1) is 13.0. The van der Waals surface area contributed by atoms with Gasteiger partial charge < -0.3 is 5.32 Å². The van der Waals surface area contributed by atoms with Gasteiger partial charge in [0.15, 0.2) is 5.16 Å². The first-order valence-corrected chi connectivity index (χ1v) is 10.6. The highest BCUT2D eigenvalue weighted by molar-refractivity contribution is 7.99. The first-order valence-electron chi connectivity index (χ1n) is 9.21. The van der Waals surface area contributed by atoms with Crippen LogP contribution in [0.15, 0.2) is 40.8 Å². The number of allylic oxidation sites excluding steroid dienone is 1. The van der Waals surface area contributed by atoms with Gasteiger partial charge in [0.2, 0.25) is 5.91 Å².